The maximum Gasteiger partial charge on any atom is 0.329 e. The molecule has 4 atom stereocenters. The first-order valence-corrected chi connectivity index (χ1v) is 10.3. The minimum atomic E-state index is -1.07. The lowest BCUT2D eigenvalue weighted by Crippen LogP contribution is -2.56. The summed E-state index contributed by atoms with van der Waals surface area (Å²) in [7, 11) is 0. The van der Waals surface area contributed by atoms with Gasteiger partial charge in [-0.3, -0.25) is 4.79 Å². The van der Waals surface area contributed by atoms with Crippen LogP contribution in [0.2, 0.25) is 0 Å². The Kier molecular flexibility index (Phi) is 5.29. The van der Waals surface area contributed by atoms with Crippen molar-refractivity contribution < 1.29 is 28.9 Å². The third kappa shape index (κ3) is 3.98. The van der Waals surface area contributed by atoms with Crippen LogP contribution < -0.4 is 4.74 Å². The van der Waals surface area contributed by atoms with Gasteiger partial charge in [0.1, 0.15) is 24.6 Å². The van der Waals surface area contributed by atoms with Crippen molar-refractivity contribution in [2.75, 3.05) is 26.3 Å². The number of carboxylic acids is 1. The molecule has 0 bridgehead atoms. The highest BCUT2D eigenvalue weighted by Gasteiger charge is 2.51. The first-order chi connectivity index (χ1) is 13.7. The third-order valence-electron chi connectivity index (χ3n) is 6.45. The number of hydrogen-bond acceptors (Lipinski definition) is 5. The Bertz CT molecular complexity index is 806. The zero-order chi connectivity index (χ0) is 20.8. The zero-order valence-electron chi connectivity index (χ0n) is 17.2. The molecule has 0 saturated carbocycles. The van der Waals surface area contributed by atoms with Crippen molar-refractivity contribution in [3.05, 3.63) is 29.3 Å². The highest BCUT2D eigenvalue weighted by molar-refractivity contribution is 5.78. The van der Waals surface area contributed by atoms with Crippen LogP contribution in [0.5, 0.6) is 5.75 Å². The average molecular weight is 403 g/mol. The van der Waals surface area contributed by atoms with Gasteiger partial charge in [0.15, 0.2) is 0 Å². The average Bonchev–Trinajstić information content (AvgIpc) is 2.65. The molecular weight excluding hydrogens is 374 g/mol. The van der Waals surface area contributed by atoms with Crippen LogP contribution in [0.4, 0.5) is 0 Å². The largest absolute Gasteiger partial charge is 0.487 e. The summed E-state index contributed by atoms with van der Waals surface area (Å²) in [5.41, 5.74) is 1.94. The molecule has 3 aliphatic heterocycles. The zero-order valence-corrected chi connectivity index (χ0v) is 17.2. The van der Waals surface area contributed by atoms with Gasteiger partial charge < -0.3 is 24.2 Å². The van der Waals surface area contributed by atoms with E-state index in [1.54, 1.807) is 4.90 Å². The molecular formula is C22H29NO6. The minimum Gasteiger partial charge on any atom is -0.487 e. The van der Waals surface area contributed by atoms with Crippen LogP contribution >= 0.6 is 0 Å². The topological polar surface area (TPSA) is 85.3 Å². The normalized spacial score (nSPS) is 29.8. The van der Waals surface area contributed by atoms with Gasteiger partial charge in [0, 0.05) is 30.5 Å². The number of carbonyl (C=O) groups is 2. The van der Waals surface area contributed by atoms with Crippen LogP contribution in [-0.4, -0.2) is 59.9 Å². The number of aliphatic carboxylic acids is 1. The van der Waals surface area contributed by atoms with Crippen LogP contribution in [0.15, 0.2) is 18.2 Å². The number of amides is 1. The van der Waals surface area contributed by atoms with Gasteiger partial charge in [0.25, 0.3) is 0 Å². The molecule has 1 N–H and O–H groups in total. The SMILES string of the molecule is Cc1ccc2c(c1)OC(C)(C)[C@@H]1C[C@H]3CN(C(=O)COCC(=O)O)CC[C@H]3O[C@@H]21. The van der Waals surface area contributed by atoms with Gasteiger partial charge >= 0.3 is 5.97 Å². The molecule has 0 aromatic heterocycles. The van der Waals surface area contributed by atoms with Gasteiger partial charge in [-0.2, -0.15) is 0 Å². The molecule has 29 heavy (non-hydrogen) atoms. The molecule has 1 amide bonds. The Hall–Kier alpha value is -2.12. The number of hydrogen-bond donors (Lipinski definition) is 1. The molecule has 0 radical (unpaired) electrons. The van der Waals surface area contributed by atoms with E-state index in [1.807, 2.05) is 0 Å². The number of benzene rings is 1. The molecule has 1 aromatic rings. The number of carboxylic acid groups (broad SMARTS) is 1. The molecule has 7 heteroatoms. The van der Waals surface area contributed by atoms with E-state index < -0.39 is 12.6 Å². The van der Waals surface area contributed by atoms with Crippen molar-refractivity contribution in [3.63, 3.8) is 0 Å². The Morgan fingerprint density at radius 2 is 2.10 bits per heavy atom. The maximum atomic E-state index is 12.4. The molecule has 0 unspecified atom stereocenters. The number of likely N-dealkylation sites (tertiary alicyclic amines) is 1. The predicted octanol–water partition coefficient (Wildman–Crippen LogP) is 2.56. The Morgan fingerprint density at radius 3 is 2.86 bits per heavy atom. The van der Waals surface area contributed by atoms with Crippen molar-refractivity contribution >= 4 is 11.9 Å². The lowest BCUT2D eigenvalue weighted by atomic mass is 9.70. The molecule has 2 fully saturated rings. The highest BCUT2D eigenvalue weighted by atomic mass is 16.5. The maximum absolute atomic E-state index is 12.4. The molecule has 3 aliphatic rings. The van der Waals surface area contributed by atoms with E-state index in [0.717, 1.165) is 24.2 Å². The number of ether oxygens (including phenoxy) is 3. The molecule has 0 aliphatic carbocycles. The van der Waals surface area contributed by atoms with Gasteiger partial charge in [0.05, 0.1) is 12.2 Å². The number of rotatable bonds is 4. The lowest BCUT2D eigenvalue weighted by Gasteiger charge is -2.53. The Labute approximate surface area is 170 Å². The standard InChI is InChI=1S/C22H29NO6/c1-13-4-5-15-18(8-13)29-22(2,3)16-9-14-10-23(7-6-17(14)28-21(15)16)19(24)11-27-12-20(25)26/h4-5,8,14,16-17,21H,6-7,9-12H2,1-3H3,(H,25,26)/t14-,16+,17+,21-/m0/s1. The van der Waals surface area contributed by atoms with Crippen LogP contribution in [0.3, 0.4) is 0 Å². The van der Waals surface area contributed by atoms with Crippen LogP contribution in [0.25, 0.3) is 0 Å². The van der Waals surface area contributed by atoms with E-state index in [-0.39, 0.29) is 42.2 Å². The van der Waals surface area contributed by atoms with E-state index in [2.05, 4.69) is 39.0 Å². The van der Waals surface area contributed by atoms with E-state index in [1.165, 1.54) is 5.56 Å². The van der Waals surface area contributed by atoms with E-state index in [9.17, 15) is 9.59 Å². The highest BCUT2D eigenvalue weighted by Crippen LogP contribution is 2.53. The van der Waals surface area contributed by atoms with Crippen molar-refractivity contribution in [2.24, 2.45) is 11.8 Å². The van der Waals surface area contributed by atoms with Crippen LogP contribution in [0, 0.1) is 18.8 Å². The molecule has 0 spiro atoms. The fraction of sp³-hybridized carbons (Fsp3) is 0.636. The molecule has 7 nitrogen and oxygen atoms in total. The van der Waals surface area contributed by atoms with Gasteiger partial charge in [-0.15, -0.1) is 0 Å². The number of carbonyl (C=O) groups excluding carboxylic acids is 1. The number of aryl methyl sites for hydroxylation is 1. The fourth-order valence-electron chi connectivity index (χ4n) is 4.96. The smallest absolute Gasteiger partial charge is 0.329 e. The van der Waals surface area contributed by atoms with Crippen molar-refractivity contribution in [1.29, 1.82) is 0 Å². The number of nitrogens with zero attached hydrogens (tertiary/aromatic N) is 1. The van der Waals surface area contributed by atoms with Crippen molar-refractivity contribution in [3.8, 4) is 5.75 Å². The van der Waals surface area contributed by atoms with Crippen molar-refractivity contribution in [2.45, 2.75) is 51.4 Å². The van der Waals surface area contributed by atoms with E-state index in [0.29, 0.717) is 13.1 Å². The van der Waals surface area contributed by atoms with Crippen molar-refractivity contribution in [1.82, 2.24) is 4.90 Å². The van der Waals surface area contributed by atoms with Crippen LogP contribution in [0.1, 0.15) is 43.9 Å². The third-order valence-corrected chi connectivity index (χ3v) is 6.45. The van der Waals surface area contributed by atoms with Gasteiger partial charge in [-0.1, -0.05) is 12.1 Å². The summed E-state index contributed by atoms with van der Waals surface area (Å²) >= 11 is 0. The molecule has 2 saturated heterocycles. The van der Waals surface area contributed by atoms with E-state index in [4.69, 9.17) is 19.3 Å². The summed E-state index contributed by atoms with van der Waals surface area (Å²) in [6.45, 7) is 6.86. The van der Waals surface area contributed by atoms with E-state index >= 15 is 0 Å². The van der Waals surface area contributed by atoms with Gasteiger partial charge in [-0.25, -0.2) is 4.79 Å². The fourth-order valence-corrected chi connectivity index (χ4v) is 4.96. The molecule has 158 valence electrons. The first-order valence-electron chi connectivity index (χ1n) is 10.3. The van der Waals surface area contributed by atoms with Gasteiger partial charge in [-0.05, 0) is 45.2 Å². The molecule has 3 heterocycles. The number of piperidine rings is 1. The second-order valence-corrected chi connectivity index (χ2v) is 8.96. The quantitative estimate of drug-likeness (QED) is 0.832. The number of fused-ring (bicyclic) bond motifs is 4. The monoisotopic (exact) mass is 403 g/mol. The summed E-state index contributed by atoms with van der Waals surface area (Å²) < 4.78 is 17.9. The summed E-state index contributed by atoms with van der Waals surface area (Å²) in [5.74, 6) is 0.128. The second-order valence-electron chi connectivity index (χ2n) is 8.96. The summed E-state index contributed by atoms with van der Waals surface area (Å²) in [6, 6.07) is 6.31. The molecule has 1 aromatic carbocycles. The summed E-state index contributed by atoms with van der Waals surface area (Å²) in [4.78, 5) is 24.7. The Morgan fingerprint density at radius 1 is 1.31 bits per heavy atom. The molecule has 4 rings (SSSR count). The predicted molar refractivity (Wildman–Crippen MR) is 105 cm³/mol. The summed E-state index contributed by atoms with van der Waals surface area (Å²) in [6.07, 6.45) is 1.83. The second kappa shape index (κ2) is 7.61. The summed E-state index contributed by atoms with van der Waals surface area (Å²) in [5, 5.41) is 8.66. The Balaban J connectivity index is 1.46. The minimum absolute atomic E-state index is 0.0109. The lowest BCUT2D eigenvalue weighted by molar-refractivity contribution is -0.189. The van der Waals surface area contributed by atoms with Crippen LogP contribution in [-0.2, 0) is 19.1 Å². The van der Waals surface area contributed by atoms with Gasteiger partial charge in [0.2, 0.25) is 5.91 Å². The first kappa shape index (κ1) is 20.2.